The minimum Gasteiger partial charge on any atom is -0.443 e. The predicted octanol–water partition coefficient (Wildman–Crippen LogP) is 4.21. The van der Waals surface area contributed by atoms with Crippen molar-refractivity contribution in [1.29, 1.82) is 0 Å². The van der Waals surface area contributed by atoms with Crippen molar-refractivity contribution in [2.75, 3.05) is 23.9 Å². The Morgan fingerprint density at radius 1 is 1.29 bits per heavy atom. The maximum Gasteiger partial charge on any atom is 0.414 e. The molecule has 1 aliphatic heterocycles. The number of carbonyl (C=O) groups excluding carboxylic acids is 1. The van der Waals surface area contributed by atoms with Crippen molar-refractivity contribution < 1.29 is 14.3 Å². The number of ether oxygens (including phenoxy) is 2. The molecule has 2 atom stereocenters. The lowest BCUT2D eigenvalue weighted by Gasteiger charge is -2.32. The zero-order valence-electron chi connectivity index (χ0n) is 15.7. The fourth-order valence-electron chi connectivity index (χ4n) is 2.78. The SMILES string of the molecule is COC(C)C(C)Nc1ccc2c(c1)CCCN2C(=O)OC(C)(C)C. The molecule has 24 heavy (non-hydrogen) atoms. The van der Waals surface area contributed by atoms with Gasteiger partial charge < -0.3 is 14.8 Å². The standard InChI is InChI=1S/C19H30N2O3/c1-13(14(2)23-6)20-16-9-10-17-15(12-16)8-7-11-21(17)18(22)24-19(3,4)5/h9-10,12-14,20H,7-8,11H2,1-6H3. The molecular formula is C19H30N2O3. The molecule has 1 N–H and O–H groups in total. The van der Waals surface area contributed by atoms with Gasteiger partial charge in [0.1, 0.15) is 5.60 Å². The van der Waals surface area contributed by atoms with Crippen LogP contribution in [0.5, 0.6) is 0 Å². The first-order chi connectivity index (χ1) is 11.2. The summed E-state index contributed by atoms with van der Waals surface area (Å²) in [6.07, 6.45) is 1.77. The van der Waals surface area contributed by atoms with Crippen LogP contribution < -0.4 is 10.2 Å². The van der Waals surface area contributed by atoms with E-state index in [1.165, 1.54) is 5.56 Å². The molecule has 0 fully saturated rings. The molecule has 0 spiro atoms. The van der Waals surface area contributed by atoms with E-state index in [9.17, 15) is 4.79 Å². The highest BCUT2D eigenvalue weighted by molar-refractivity contribution is 5.90. The van der Waals surface area contributed by atoms with E-state index < -0.39 is 5.60 Å². The highest BCUT2D eigenvalue weighted by atomic mass is 16.6. The predicted molar refractivity (Wildman–Crippen MR) is 97.9 cm³/mol. The number of methoxy groups -OCH3 is 1. The summed E-state index contributed by atoms with van der Waals surface area (Å²) in [5.74, 6) is 0. The average molecular weight is 334 g/mol. The quantitative estimate of drug-likeness (QED) is 0.896. The van der Waals surface area contributed by atoms with Crippen LogP contribution in [-0.4, -0.2) is 37.5 Å². The Morgan fingerprint density at radius 3 is 2.62 bits per heavy atom. The van der Waals surface area contributed by atoms with Gasteiger partial charge in [0.15, 0.2) is 0 Å². The zero-order chi connectivity index (χ0) is 17.9. The average Bonchev–Trinajstić information content (AvgIpc) is 2.51. The van der Waals surface area contributed by atoms with E-state index in [0.717, 1.165) is 24.2 Å². The summed E-state index contributed by atoms with van der Waals surface area (Å²) in [4.78, 5) is 14.2. The molecule has 0 saturated carbocycles. The first-order valence-electron chi connectivity index (χ1n) is 8.64. The van der Waals surface area contributed by atoms with Crippen LogP contribution >= 0.6 is 0 Å². The summed E-state index contributed by atoms with van der Waals surface area (Å²) in [6, 6.07) is 6.36. The third kappa shape index (κ3) is 4.63. The number of carbonyl (C=O) groups is 1. The van der Waals surface area contributed by atoms with Gasteiger partial charge in [-0.15, -0.1) is 0 Å². The normalized spacial score (nSPS) is 17.0. The first-order valence-corrected chi connectivity index (χ1v) is 8.64. The Bertz CT molecular complexity index is 580. The topological polar surface area (TPSA) is 50.8 Å². The van der Waals surface area contributed by atoms with E-state index in [0.29, 0.717) is 6.54 Å². The van der Waals surface area contributed by atoms with E-state index in [2.05, 4.69) is 18.3 Å². The summed E-state index contributed by atoms with van der Waals surface area (Å²) in [5.41, 5.74) is 2.70. The summed E-state index contributed by atoms with van der Waals surface area (Å²) in [7, 11) is 1.72. The van der Waals surface area contributed by atoms with Crippen LogP contribution in [0.1, 0.15) is 46.6 Å². The van der Waals surface area contributed by atoms with Crippen LogP contribution in [0.3, 0.4) is 0 Å². The smallest absolute Gasteiger partial charge is 0.414 e. The number of hydrogen-bond acceptors (Lipinski definition) is 4. The Labute approximate surface area is 145 Å². The summed E-state index contributed by atoms with van der Waals surface area (Å²) < 4.78 is 10.9. The number of fused-ring (bicyclic) bond motifs is 1. The molecule has 1 aromatic rings. The Balaban J connectivity index is 2.16. The molecule has 1 amide bonds. The fraction of sp³-hybridized carbons (Fsp3) is 0.632. The van der Waals surface area contributed by atoms with E-state index >= 15 is 0 Å². The van der Waals surface area contributed by atoms with Crippen LogP contribution in [0.4, 0.5) is 16.2 Å². The molecule has 134 valence electrons. The molecule has 1 aliphatic rings. The van der Waals surface area contributed by atoms with Crippen LogP contribution in [0, 0.1) is 0 Å². The van der Waals surface area contributed by atoms with Gasteiger partial charge >= 0.3 is 6.09 Å². The van der Waals surface area contributed by atoms with Crippen molar-refractivity contribution in [3.05, 3.63) is 23.8 Å². The number of benzene rings is 1. The number of nitrogens with one attached hydrogen (secondary N) is 1. The van der Waals surface area contributed by atoms with E-state index in [-0.39, 0.29) is 18.2 Å². The highest BCUT2D eigenvalue weighted by Gasteiger charge is 2.27. The number of amides is 1. The Morgan fingerprint density at radius 2 is 2.00 bits per heavy atom. The van der Waals surface area contributed by atoms with Crippen molar-refractivity contribution in [3.8, 4) is 0 Å². The Hall–Kier alpha value is -1.75. The first kappa shape index (κ1) is 18.6. The monoisotopic (exact) mass is 334 g/mol. The largest absolute Gasteiger partial charge is 0.443 e. The molecule has 1 aromatic carbocycles. The number of anilines is 2. The second-order valence-corrected chi connectivity index (χ2v) is 7.45. The maximum absolute atomic E-state index is 12.4. The van der Waals surface area contributed by atoms with E-state index in [1.807, 2.05) is 39.8 Å². The lowest BCUT2D eigenvalue weighted by molar-refractivity contribution is 0.0578. The second kappa shape index (κ2) is 7.43. The van der Waals surface area contributed by atoms with Crippen molar-refractivity contribution in [3.63, 3.8) is 0 Å². The summed E-state index contributed by atoms with van der Waals surface area (Å²) in [5, 5.41) is 3.47. The third-order valence-electron chi connectivity index (χ3n) is 4.28. The van der Waals surface area contributed by atoms with Gasteiger partial charge in [-0.25, -0.2) is 4.79 Å². The molecule has 0 saturated heterocycles. The fourth-order valence-corrected chi connectivity index (χ4v) is 2.78. The van der Waals surface area contributed by atoms with Crippen molar-refractivity contribution in [1.82, 2.24) is 0 Å². The number of nitrogens with zero attached hydrogens (tertiary/aromatic N) is 1. The summed E-state index contributed by atoms with van der Waals surface area (Å²) in [6.45, 7) is 10.5. The van der Waals surface area contributed by atoms with E-state index in [4.69, 9.17) is 9.47 Å². The van der Waals surface area contributed by atoms with Gasteiger partial charge in [0.05, 0.1) is 11.8 Å². The van der Waals surface area contributed by atoms with Crippen LogP contribution in [0.25, 0.3) is 0 Å². The summed E-state index contributed by atoms with van der Waals surface area (Å²) >= 11 is 0. The Kier molecular flexibility index (Phi) is 5.75. The lowest BCUT2D eigenvalue weighted by atomic mass is 10.0. The van der Waals surface area contributed by atoms with Gasteiger partial charge in [-0.3, -0.25) is 4.90 Å². The zero-order valence-corrected chi connectivity index (χ0v) is 15.7. The number of aryl methyl sites for hydroxylation is 1. The maximum atomic E-state index is 12.4. The molecular weight excluding hydrogens is 304 g/mol. The molecule has 0 bridgehead atoms. The van der Waals surface area contributed by atoms with Gasteiger partial charge in [0, 0.05) is 25.4 Å². The van der Waals surface area contributed by atoms with Crippen molar-refractivity contribution in [2.24, 2.45) is 0 Å². The third-order valence-corrected chi connectivity index (χ3v) is 4.28. The molecule has 1 heterocycles. The lowest BCUT2D eigenvalue weighted by Crippen LogP contribution is -2.39. The molecule has 5 nitrogen and oxygen atoms in total. The van der Waals surface area contributed by atoms with Crippen molar-refractivity contribution >= 4 is 17.5 Å². The highest BCUT2D eigenvalue weighted by Crippen LogP contribution is 2.31. The minimum atomic E-state index is -0.484. The molecule has 0 radical (unpaired) electrons. The molecule has 0 aliphatic carbocycles. The minimum absolute atomic E-state index is 0.124. The van der Waals surface area contributed by atoms with Crippen LogP contribution in [-0.2, 0) is 15.9 Å². The molecule has 5 heteroatoms. The van der Waals surface area contributed by atoms with Gasteiger partial charge in [-0.2, -0.15) is 0 Å². The number of hydrogen-bond donors (Lipinski definition) is 1. The molecule has 2 unspecified atom stereocenters. The van der Waals surface area contributed by atoms with Gasteiger partial charge in [0.2, 0.25) is 0 Å². The van der Waals surface area contributed by atoms with Crippen LogP contribution in [0.2, 0.25) is 0 Å². The van der Waals surface area contributed by atoms with Crippen molar-refractivity contribution in [2.45, 2.75) is 65.2 Å². The van der Waals surface area contributed by atoms with Gasteiger partial charge in [-0.1, -0.05) is 0 Å². The number of rotatable bonds is 4. The van der Waals surface area contributed by atoms with Crippen LogP contribution in [0.15, 0.2) is 18.2 Å². The second-order valence-electron chi connectivity index (χ2n) is 7.45. The molecule has 0 aromatic heterocycles. The van der Waals surface area contributed by atoms with E-state index in [1.54, 1.807) is 12.0 Å². The molecule has 2 rings (SSSR count). The van der Waals surface area contributed by atoms with Gasteiger partial charge in [-0.05, 0) is 71.2 Å². The van der Waals surface area contributed by atoms with Gasteiger partial charge in [0.25, 0.3) is 0 Å².